The molecule has 140 valence electrons. The van der Waals surface area contributed by atoms with E-state index in [1.54, 1.807) is 0 Å². The van der Waals surface area contributed by atoms with Crippen molar-refractivity contribution < 1.29 is 4.74 Å². The van der Waals surface area contributed by atoms with Crippen LogP contribution in [0.3, 0.4) is 0 Å². The molecule has 4 nitrogen and oxygen atoms in total. The van der Waals surface area contributed by atoms with Crippen LogP contribution in [0.25, 0.3) is 0 Å². The average molecular weight is 356 g/mol. The molecule has 1 unspecified atom stereocenters. The fourth-order valence-corrected chi connectivity index (χ4v) is 4.90. The Bertz CT molecular complexity index is 392. The number of nitrogens with one attached hydrogen (secondary N) is 1. The first kappa shape index (κ1) is 19.9. The molecule has 1 atom stereocenters. The van der Waals surface area contributed by atoms with Gasteiger partial charge in [-0.05, 0) is 44.3 Å². The first-order valence-electron chi connectivity index (χ1n) is 9.84. The van der Waals surface area contributed by atoms with Gasteiger partial charge in [0.15, 0.2) is 5.96 Å². The highest BCUT2D eigenvalue weighted by Gasteiger charge is 2.33. The van der Waals surface area contributed by atoms with Crippen molar-refractivity contribution in [3.05, 3.63) is 0 Å². The molecule has 2 heterocycles. The van der Waals surface area contributed by atoms with Gasteiger partial charge in [0.25, 0.3) is 0 Å². The van der Waals surface area contributed by atoms with E-state index in [2.05, 4.69) is 37.2 Å². The number of rotatable bonds is 7. The summed E-state index contributed by atoms with van der Waals surface area (Å²) in [5.41, 5.74) is 0. The third-order valence-electron chi connectivity index (χ3n) is 5.93. The summed E-state index contributed by atoms with van der Waals surface area (Å²) in [6, 6.07) is 0. The molecule has 24 heavy (non-hydrogen) atoms. The van der Waals surface area contributed by atoms with Gasteiger partial charge in [-0.25, -0.2) is 0 Å². The zero-order chi connectivity index (χ0) is 17.4. The maximum atomic E-state index is 5.56. The minimum atomic E-state index is 0.271. The minimum Gasteiger partial charge on any atom is -0.381 e. The van der Waals surface area contributed by atoms with Crippen LogP contribution in [0.15, 0.2) is 4.99 Å². The Hall–Kier alpha value is -0.420. The Labute approximate surface area is 153 Å². The molecular formula is C19H37N3OS. The van der Waals surface area contributed by atoms with Crippen LogP contribution >= 0.6 is 11.8 Å². The lowest BCUT2D eigenvalue weighted by Crippen LogP contribution is -2.42. The van der Waals surface area contributed by atoms with Gasteiger partial charge in [0.05, 0.1) is 6.54 Å². The van der Waals surface area contributed by atoms with E-state index in [0.717, 1.165) is 63.5 Å². The Morgan fingerprint density at radius 3 is 2.58 bits per heavy atom. The minimum absolute atomic E-state index is 0.271. The maximum Gasteiger partial charge on any atom is 0.193 e. The second-order valence-corrected chi connectivity index (χ2v) is 8.52. The van der Waals surface area contributed by atoms with Crippen molar-refractivity contribution >= 4 is 17.7 Å². The van der Waals surface area contributed by atoms with Crippen LogP contribution in [-0.4, -0.2) is 61.3 Å². The molecule has 2 rings (SSSR count). The van der Waals surface area contributed by atoms with Crippen molar-refractivity contribution in [1.29, 1.82) is 0 Å². The van der Waals surface area contributed by atoms with Gasteiger partial charge >= 0.3 is 0 Å². The van der Waals surface area contributed by atoms with Crippen molar-refractivity contribution in [2.45, 2.75) is 57.6 Å². The third kappa shape index (κ3) is 5.04. The highest BCUT2D eigenvalue weighted by atomic mass is 32.2. The van der Waals surface area contributed by atoms with Crippen molar-refractivity contribution in [3.63, 3.8) is 0 Å². The molecule has 0 aromatic heterocycles. The predicted octanol–water partition coefficient (Wildman–Crippen LogP) is 3.62. The summed E-state index contributed by atoms with van der Waals surface area (Å²) in [6.07, 6.45) is 8.39. The molecule has 2 fully saturated rings. The highest BCUT2D eigenvalue weighted by Crippen LogP contribution is 2.34. The summed E-state index contributed by atoms with van der Waals surface area (Å²) in [4.78, 5) is 7.56. The maximum absolute atomic E-state index is 5.56. The summed E-state index contributed by atoms with van der Waals surface area (Å²) in [5, 5.41) is 3.54. The summed E-state index contributed by atoms with van der Waals surface area (Å²) >= 11 is 1.98. The van der Waals surface area contributed by atoms with Crippen LogP contribution in [0.5, 0.6) is 0 Å². The number of hydrogen-bond acceptors (Lipinski definition) is 3. The van der Waals surface area contributed by atoms with Crippen LogP contribution in [0.2, 0.25) is 0 Å². The van der Waals surface area contributed by atoms with Crippen LogP contribution in [0, 0.1) is 11.8 Å². The second kappa shape index (κ2) is 9.91. The van der Waals surface area contributed by atoms with E-state index < -0.39 is 0 Å². The molecule has 0 spiro atoms. The lowest BCUT2D eigenvalue weighted by atomic mass is 9.87. The van der Waals surface area contributed by atoms with Gasteiger partial charge in [0, 0.05) is 37.6 Å². The van der Waals surface area contributed by atoms with E-state index >= 15 is 0 Å². The highest BCUT2D eigenvalue weighted by molar-refractivity contribution is 8.00. The molecular weight excluding hydrogens is 318 g/mol. The van der Waals surface area contributed by atoms with Crippen LogP contribution < -0.4 is 5.32 Å². The van der Waals surface area contributed by atoms with Crippen molar-refractivity contribution in [1.82, 2.24) is 10.2 Å². The Kier molecular flexibility index (Phi) is 8.21. The van der Waals surface area contributed by atoms with Gasteiger partial charge in [-0.3, -0.25) is 4.99 Å². The van der Waals surface area contributed by atoms with E-state index in [0.29, 0.717) is 0 Å². The fraction of sp³-hybridized carbons (Fsp3) is 0.947. The largest absolute Gasteiger partial charge is 0.381 e. The van der Waals surface area contributed by atoms with Gasteiger partial charge in [0.2, 0.25) is 0 Å². The van der Waals surface area contributed by atoms with Crippen molar-refractivity contribution in [3.8, 4) is 0 Å². The lowest BCUT2D eigenvalue weighted by Gasteiger charge is -2.35. The number of hydrogen-bond donors (Lipinski definition) is 1. The second-order valence-electron chi connectivity index (χ2n) is 7.24. The Morgan fingerprint density at radius 2 is 2.00 bits per heavy atom. The molecule has 0 aromatic carbocycles. The Balaban J connectivity index is 2.00. The number of guanidine groups is 1. The molecule has 2 aliphatic heterocycles. The van der Waals surface area contributed by atoms with Crippen molar-refractivity contribution in [2.24, 2.45) is 16.8 Å². The predicted molar refractivity (Wildman–Crippen MR) is 106 cm³/mol. The topological polar surface area (TPSA) is 36.9 Å². The van der Waals surface area contributed by atoms with Crippen LogP contribution in [-0.2, 0) is 4.74 Å². The average Bonchev–Trinajstić information content (AvgIpc) is 3.10. The molecule has 0 bridgehead atoms. The van der Waals surface area contributed by atoms with Crippen LogP contribution in [0.1, 0.15) is 52.9 Å². The summed E-state index contributed by atoms with van der Waals surface area (Å²) in [5.74, 6) is 2.83. The number of likely N-dealkylation sites (tertiary alicyclic amines) is 1. The van der Waals surface area contributed by atoms with Crippen LogP contribution in [0.4, 0.5) is 0 Å². The SMILES string of the molecule is CCNC(=NCC1(SC)CCOCC1)N1CCC(C(CC)CC)C1. The lowest BCUT2D eigenvalue weighted by molar-refractivity contribution is 0.0793. The van der Waals surface area contributed by atoms with E-state index in [-0.39, 0.29) is 4.75 Å². The first-order valence-corrected chi connectivity index (χ1v) is 11.1. The van der Waals surface area contributed by atoms with Gasteiger partial charge in [0.1, 0.15) is 0 Å². The molecule has 0 aromatic rings. The zero-order valence-corrected chi connectivity index (χ0v) is 17.0. The molecule has 2 aliphatic rings. The number of thioether (sulfide) groups is 1. The van der Waals surface area contributed by atoms with E-state index in [1.165, 1.54) is 25.8 Å². The number of nitrogens with zero attached hydrogens (tertiary/aromatic N) is 2. The van der Waals surface area contributed by atoms with Gasteiger partial charge in [-0.2, -0.15) is 11.8 Å². The number of ether oxygens (including phenoxy) is 1. The molecule has 0 radical (unpaired) electrons. The normalized spacial score (nSPS) is 24.6. The molecule has 0 saturated carbocycles. The smallest absolute Gasteiger partial charge is 0.193 e. The molecule has 0 amide bonds. The number of aliphatic imine (C=N–C) groups is 1. The molecule has 2 saturated heterocycles. The molecule has 5 heteroatoms. The molecule has 0 aliphatic carbocycles. The Morgan fingerprint density at radius 1 is 1.29 bits per heavy atom. The first-order chi connectivity index (χ1) is 11.7. The quantitative estimate of drug-likeness (QED) is 0.559. The monoisotopic (exact) mass is 355 g/mol. The fourth-order valence-electron chi connectivity index (χ4n) is 4.13. The summed E-state index contributed by atoms with van der Waals surface area (Å²) < 4.78 is 5.83. The summed E-state index contributed by atoms with van der Waals surface area (Å²) in [7, 11) is 0. The zero-order valence-electron chi connectivity index (χ0n) is 16.1. The van der Waals surface area contributed by atoms with Gasteiger partial charge < -0.3 is 15.0 Å². The third-order valence-corrected chi connectivity index (χ3v) is 7.33. The van der Waals surface area contributed by atoms with Gasteiger partial charge in [-0.1, -0.05) is 26.7 Å². The van der Waals surface area contributed by atoms with E-state index in [1.807, 2.05) is 11.8 Å². The van der Waals surface area contributed by atoms with Gasteiger partial charge in [-0.15, -0.1) is 0 Å². The van der Waals surface area contributed by atoms with Crippen molar-refractivity contribution in [2.75, 3.05) is 45.6 Å². The van der Waals surface area contributed by atoms with E-state index in [4.69, 9.17) is 9.73 Å². The molecule has 1 N–H and O–H groups in total. The standard InChI is InChI=1S/C19H37N3OS/c1-5-16(6-2)17-8-11-22(14-17)18(20-7-3)21-15-19(24-4)9-12-23-13-10-19/h16-17H,5-15H2,1-4H3,(H,20,21). The van der Waals surface area contributed by atoms with E-state index in [9.17, 15) is 0 Å². The summed E-state index contributed by atoms with van der Waals surface area (Å²) in [6.45, 7) is 12.8.